The van der Waals surface area contributed by atoms with Gasteiger partial charge in [0.2, 0.25) is 5.91 Å². The largest absolute Gasteiger partial charge is 0.481 e. The van der Waals surface area contributed by atoms with E-state index in [1.807, 2.05) is 0 Å². The van der Waals surface area contributed by atoms with Crippen molar-refractivity contribution in [3.05, 3.63) is 0 Å². The van der Waals surface area contributed by atoms with Crippen molar-refractivity contribution >= 4 is 11.9 Å². The highest BCUT2D eigenvalue weighted by Gasteiger charge is 2.38. The monoisotopic (exact) mass is 215 g/mol. The standard InChI is InChI=1S/C9H17N3O3/c1-10-7(13)2-3-12-9(4-8(14)15)5-11-6-9/h11-12H,2-6H2,1H3,(H,10,13)(H,14,15). The van der Waals surface area contributed by atoms with Gasteiger partial charge in [-0.3, -0.25) is 9.59 Å². The SMILES string of the molecule is CNC(=O)CCNC1(CC(=O)O)CNC1. The molecular formula is C9H17N3O3. The molecule has 0 unspecified atom stereocenters. The van der Waals surface area contributed by atoms with Crippen molar-refractivity contribution in [1.82, 2.24) is 16.0 Å². The lowest BCUT2D eigenvalue weighted by Crippen LogP contribution is -2.68. The van der Waals surface area contributed by atoms with E-state index in [4.69, 9.17) is 5.11 Å². The minimum absolute atomic E-state index is 0.0414. The first-order valence-corrected chi connectivity index (χ1v) is 4.96. The number of carboxylic acids is 1. The summed E-state index contributed by atoms with van der Waals surface area (Å²) in [7, 11) is 1.58. The number of aliphatic carboxylic acids is 1. The quantitative estimate of drug-likeness (QED) is 0.434. The molecule has 0 bridgehead atoms. The average Bonchev–Trinajstić information content (AvgIpc) is 2.12. The normalized spacial score (nSPS) is 17.9. The van der Waals surface area contributed by atoms with Gasteiger partial charge in [-0.25, -0.2) is 0 Å². The van der Waals surface area contributed by atoms with Crippen molar-refractivity contribution in [3.63, 3.8) is 0 Å². The first-order valence-electron chi connectivity index (χ1n) is 4.96. The van der Waals surface area contributed by atoms with Gasteiger partial charge in [-0.15, -0.1) is 0 Å². The smallest absolute Gasteiger partial charge is 0.305 e. The number of amides is 1. The Morgan fingerprint density at radius 2 is 2.13 bits per heavy atom. The van der Waals surface area contributed by atoms with E-state index in [0.29, 0.717) is 26.1 Å². The summed E-state index contributed by atoms with van der Waals surface area (Å²) in [6.45, 7) is 1.80. The topological polar surface area (TPSA) is 90.5 Å². The highest BCUT2D eigenvalue weighted by molar-refractivity contribution is 5.75. The van der Waals surface area contributed by atoms with Crippen molar-refractivity contribution < 1.29 is 14.7 Å². The predicted octanol–water partition coefficient (Wildman–Crippen LogP) is -1.47. The molecule has 1 fully saturated rings. The second kappa shape index (κ2) is 5.09. The Bertz CT molecular complexity index is 251. The highest BCUT2D eigenvalue weighted by atomic mass is 16.4. The summed E-state index contributed by atoms with van der Waals surface area (Å²) >= 11 is 0. The van der Waals surface area contributed by atoms with Gasteiger partial charge in [0.15, 0.2) is 0 Å². The third-order valence-corrected chi connectivity index (χ3v) is 2.55. The molecule has 0 saturated carbocycles. The van der Waals surface area contributed by atoms with E-state index < -0.39 is 5.97 Å². The molecule has 4 N–H and O–H groups in total. The summed E-state index contributed by atoms with van der Waals surface area (Å²) < 4.78 is 0. The molecule has 1 saturated heterocycles. The summed E-state index contributed by atoms with van der Waals surface area (Å²) in [5.41, 5.74) is -0.361. The summed E-state index contributed by atoms with van der Waals surface area (Å²) in [5.74, 6) is -0.857. The Labute approximate surface area is 88.4 Å². The van der Waals surface area contributed by atoms with Crippen LogP contribution in [0.2, 0.25) is 0 Å². The number of carbonyl (C=O) groups is 2. The van der Waals surface area contributed by atoms with Crippen LogP contribution in [0.25, 0.3) is 0 Å². The fraction of sp³-hybridized carbons (Fsp3) is 0.778. The average molecular weight is 215 g/mol. The molecule has 6 nitrogen and oxygen atoms in total. The van der Waals surface area contributed by atoms with E-state index in [1.165, 1.54) is 0 Å². The van der Waals surface area contributed by atoms with Crippen molar-refractivity contribution in [1.29, 1.82) is 0 Å². The van der Waals surface area contributed by atoms with Gasteiger partial charge >= 0.3 is 5.97 Å². The van der Waals surface area contributed by atoms with E-state index in [0.717, 1.165) is 0 Å². The molecule has 0 aliphatic carbocycles. The van der Waals surface area contributed by atoms with Gasteiger partial charge in [-0.1, -0.05) is 0 Å². The lowest BCUT2D eigenvalue weighted by atomic mass is 9.88. The number of hydrogen-bond donors (Lipinski definition) is 4. The molecule has 86 valence electrons. The maximum absolute atomic E-state index is 10.9. The Balaban J connectivity index is 2.27. The zero-order valence-electron chi connectivity index (χ0n) is 8.80. The van der Waals surface area contributed by atoms with Gasteiger partial charge in [0.1, 0.15) is 0 Å². The van der Waals surface area contributed by atoms with Gasteiger partial charge in [0, 0.05) is 33.1 Å². The third-order valence-electron chi connectivity index (χ3n) is 2.55. The molecule has 1 aliphatic heterocycles. The van der Waals surface area contributed by atoms with E-state index >= 15 is 0 Å². The van der Waals surface area contributed by atoms with Crippen LogP contribution in [0.15, 0.2) is 0 Å². The van der Waals surface area contributed by atoms with E-state index in [-0.39, 0.29) is 17.9 Å². The molecule has 0 radical (unpaired) electrons. The van der Waals surface area contributed by atoms with Crippen LogP contribution in [0.1, 0.15) is 12.8 Å². The van der Waals surface area contributed by atoms with Gasteiger partial charge in [0.05, 0.1) is 12.0 Å². The van der Waals surface area contributed by atoms with Crippen molar-refractivity contribution in [2.75, 3.05) is 26.7 Å². The molecule has 15 heavy (non-hydrogen) atoms. The molecule has 1 amide bonds. The molecule has 0 spiro atoms. The minimum Gasteiger partial charge on any atom is -0.481 e. The molecule has 6 heteroatoms. The van der Waals surface area contributed by atoms with Crippen LogP contribution in [0, 0.1) is 0 Å². The number of hydrogen-bond acceptors (Lipinski definition) is 4. The zero-order valence-corrected chi connectivity index (χ0v) is 8.80. The molecule has 0 aromatic heterocycles. The van der Waals surface area contributed by atoms with Crippen LogP contribution < -0.4 is 16.0 Å². The Morgan fingerprint density at radius 3 is 2.53 bits per heavy atom. The van der Waals surface area contributed by atoms with E-state index in [9.17, 15) is 9.59 Å². The van der Waals surface area contributed by atoms with Crippen LogP contribution in [-0.4, -0.2) is 49.2 Å². The van der Waals surface area contributed by atoms with Crippen molar-refractivity contribution in [2.24, 2.45) is 0 Å². The second-order valence-corrected chi connectivity index (χ2v) is 3.80. The Morgan fingerprint density at radius 1 is 1.47 bits per heavy atom. The summed E-state index contributed by atoms with van der Waals surface area (Å²) in [6.07, 6.45) is 0.464. The molecule has 1 aliphatic rings. The molecule has 0 aromatic carbocycles. The van der Waals surface area contributed by atoms with Crippen LogP contribution in [0.4, 0.5) is 0 Å². The fourth-order valence-corrected chi connectivity index (χ4v) is 1.59. The third kappa shape index (κ3) is 3.49. The lowest BCUT2D eigenvalue weighted by molar-refractivity contribution is -0.139. The minimum atomic E-state index is -0.816. The van der Waals surface area contributed by atoms with Crippen LogP contribution in [-0.2, 0) is 9.59 Å². The zero-order chi connectivity index (χ0) is 11.3. The fourth-order valence-electron chi connectivity index (χ4n) is 1.59. The van der Waals surface area contributed by atoms with Gasteiger partial charge in [-0.05, 0) is 0 Å². The van der Waals surface area contributed by atoms with Crippen LogP contribution in [0.3, 0.4) is 0 Å². The van der Waals surface area contributed by atoms with Gasteiger partial charge < -0.3 is 21.1 Å². The van der Waals surface area contributed by atoms with E-state index in [1.54, 1.807) is 7.05 Å². The first-order chi connectivity index (χ1) is 7.08. The van der Waals surface area contributed by atoms with Gasteiger partial charge in [0.25, 0.3) is 0 Å². The Kier molecular flexibility index (Phi) is 4.05. The Hall–Kier alpha value is -1.14. The maximum atomic E-state index is 10.9. The molecule has 1 heterocycles. The van der Waals surface area contributed by atoms with Crippen molar-refractivity contribution in [3.8, 4) is 0 Å². The predicted molar refractivity (Wildman–Crippen MR) is 54.5 cm³/mol. The summed E-state index contributed by atoms with van der Waals surface area (Å²) in [4.78, 5) is 21.6. The van der Waals surface area contributed by atoms with E-state index in [2.05, 4.69) is 16.0 Å². The maximum Gasteiger partial charge on any atom is 0.305 e. The number of rotatable bonds is 6. The summed E-state index contributed by atoms with van der Waals surface area (Å²) in [5, 5.41) is 17.4. The highest BCUT2D eigenvalue weighted by Crippen LogP contribution is 2.15. The molecule has 0 atom stereocenters. The van der Waals surface area contributed by atoms with Gasteiger partial charge in [-0.2, -0.15) is 0 Å². The molecular weight excluding hydrogens is 198 g/mol. The first kappa shape index (κ1) is 11.9. The second-order valence-electron chi connectivity index (χ2n) is 3.80. The number of carboxylic acid groups (broad SMARTS) is 1. The lowest BCUT2D eigenvalue weighted by Gasteiger charge is -2.42. The molecule has 1 rings (SSSR count). The molecule has 0 aromatic rings. The van der Waals surface area contributed by atoms with Crippen molar-refractivity contribution in [2.45, 2.75) is 18.4 Å². The number of carbonyl (C=O) groups excluding carboxylic acids is 1. The summed E-state index contributed by atoms with van der Waals surface area (Å²) in [6, 6.07) is 0. The van der Waals surface area contributed by atoms with Crippen LogP contribution in [0.5, 0.6) is 0 Å². The van der Waals surface area contributed by atoms with Crippen LogP contribution >= 0.6 is 0 Å². The number of nitrogens with one attached hydrogen (secondary N) is 3.